The molecule has 7 heteroatoms. The minimum atomic E-state index is -0.0909. The van der Waals surface area contributed by atoms with Crippen LogP contribution in [0.5, 0.6) is 0 Å². The number of likely N-dealkylation sites (tertiary alicyclic amines) is 1. The fourth-order valence-electron chi connectivity index (χ4n) is 3.41. The Morgan fingerprint density at radius 2 is 2.09 bits per heavy atom. The Bertz CT molecular complexity index is 501. The maximum absolute atomic E-state index is 12.2. The van der Waals surface area contributed by atoms with Crippen LogP contribution in [0.2, 0.25) is 0 Å². The molecular weight excluding hydrogens is 300 g/mol. The third-order valence-corrected chi connectivity index (χ3v) is 5.72. The minimum Gasteiger partial charge on any atom is -0.396 e. The molecule has 0 spiro atoms. The molecule has 2 N–H and O–H groups in total. The number of nitrogens with zero attached hydrogens (tertiary/aromatic N) is 3. The van der Waals surface area contributed by atoms with Crippen molar-refractivity contribution in [1.82, 2.24) is 15.1 Å². The van der Waals surface area contributed by atoms with Crippen LogP contribution in [0.4, 0.5) is 9.93 Å². The Morgan fingerprint density at radius 3 is 2.86 bits per heavy atom. The van der Waals surface area contributed by atoms with Crippen molar-refractivity contribution < 1.29 is 9.90 Å². The lowest BCUT2D eigenvalue weighted by Crippen LogP contribution is -2.33. The van der Waals surface area contributed by atoms with Crippen LogP contribution in [-0.2, 0) is 0 Å². The first kappa shape index (κ1) is 15.7. The first-order valence-electron chi connectivity index (χ1n) is 8.26. The fraction of sp³-hybridized carbons (Fsp3) is 0.800. The van der Waals surface area contributed by atoms with Gasteiger partial charge in [0, 0.05) is 25.6 Å². The Balaban J connectivity index is 1.52. The summed E-state index contributed by atoms with van der Waals surface area (Å²) in [6, 6.07) is -0.0909. The molecule has 0 aromatic carbocycles. The molecule has 0 bridgehead atoms. The second-order valence-electron chi connectivity index (χ2n) is 6.32. The fourth-order valence-corrected chi connectivity index (χ4v) is 4.31. The number of rotatable bonds is 4. The molecule has 2 heterocycles. The van der Waals surface area contributed by atoms with Crippen molar-refractivity contribution in [2.45, 2.75) is 50.9 Å². The Kier molecular flexibility index (Phi) is 5.25. The molecule has 3 rings (SSSR count). The topological polar surface area (TPSA) is 78.4 Å². The van der Waals surface area contributed by atoms with Gasteiger partial charge in [-0.2, -0.15) is 0 Å². The van der Waals surface area contributed by atoms with Gasteiger partial charge in [-0.05, 0) is 31.6 Å². The molecule has 1 unspecified atom stereocenters. The van der Waals surface area contributed by atoms with Crippen molar-refractivity contribution in [3.8, 4) is 0 Å². The summed E-state index contributed by atoms with van der Waals surface area (Å²) < 4.78 is 0. The van der Waals surface area contributed by atoms with Gasteiger partial charge in [-0.25, -0.2) is 4.79 Å². The molecule has 1 aliphatic carbocycles. The maximum Gasteiger partial charge on any atom is 0.323 e. The molecule has 1 atom stereocenters. The third kappa shape index (κ3) is 3.76. The van der Waals surface area contributed by atoms with Crippen molar-refractivity contribution in [2.24, 2.45) is 5.92 Å². The molecule has 122 valence electrons. The number of anilines is 1. The van der Waals surface area contributed by atoms with Gasteiger partial charge in [0.15, 0.2) is 0 Å². The Hall–Kier alpha value is -1.21. The number of carbonyl (C=O) groups is 1. The van der Waals surface area contributed by atoms with E-state index in [0.717, 1.165) is 30.9 Å². The van der Waals surface area contributed by atoms with Gasteiger partial charge in [-0.3, -0.25) is 5.32 Å². The van der Waals surface area contributed by atoms with E-state index in [1.807, 2.05) is 4.90 Å². The molecule has 1 saturated carbocycles. The van der Waals surface area contributed by atoms with E-state index in [0.29, 0.717) is 17.0 Å². The first-order chi connectivity index (χ1) is 10.8. The number of urea groups is 1. The summed E-state index contributed by atoms with van der Waals surface area (Å²) in [6.07, 6.45) is 7.99. The summed E-state index contributed by atoms with van der Waals surface area (Å²) in [7, 11) is 0. The van der Waals surface area contributed by atoms with Gasteiger partial charge in [0.2, 0.25) is 5.13 Å². The van der Waals surface area contributed by atoms with E-state index < -0.39 is 0 Å². The van der Waals surface area contributed by atoms with Crippen molar-refractivity contribution in [3.05, 3.63) is 5.01 Å². The summed E-state index contributed by atoms with van der Waals surface area (Å²) in [4.78, 5) is 14.0. The number of nitrogens with one attached hydrogen (secondary N) is 1. The van der Waals surface area contributed by atoms with E-state index in [2.05, 4.69) is 15.5 Å². The molecule has 1 aromatic heterocycles. The van der Waals surface area contributed by atoms with Crippen LogP contribution >= 0.6 is 11.3 Å². The second kappa shape index (κ2) is 7.37. The van der Waals surface area contributed by atoms with Crippen LogP contribution in [0.15, 0.2) is 0 Å². The first-order valence-corrected chi connectivity index (χ1v) is 9.08. The van der Waals surface area contributed by atoms with Gasteiger partial charge >= 0.3 is 6.03 Å². The molecule has 1 aliphatic heterocycles. The van der Waals surface area contributed by atoms with E-state index in [4.69, 9.17) is 5.11 Å². The molecule has 2 aliphatic rings. The molecule has 1 saturated heterocycles. The number of aliphatic hydroxyl groups excluding tert-OH is 1. The van der Waals surface area contributed by atoms with Crippen LogP contribution in [0.1, 0.15) is 55.9 Å². The Labute approximate surface area is 134 Å². The number of hydrogen-bond acceptors (Lipinski definition) is 5. The highest BCUT2D eigenvalue weighted by molar-refractivity contribution is 7.15. The van der Waals surface area contributed by atoms with Crippen molar-refractivity contribution in [2.75, 3.05) is 25.0 Å². The quantitative estimate of drug-likeness (QED) is 0.892. The maximum atomic E-state index is 12.2. The SMILES string of the molecule is O=C(Nc1nnc(C2CCCCC2)s1)N1CCC(CCO)C1. The predicted octanol–water partition coefficient (Wildman–Crippen LogP) is 2.82. The molecule has 2 amide bonds. The van der Waals surface area contributed by atoms with Gasteiger partial charge < -0.3 is 10.0 Å². The highest BCUT2D eigenvalue weighted by Crippen LogP contribution is 2.35. The van der Waals surface area contributed by atoms with E-state index in [-0.39, 0.29) is 12.6 Å². The van der Waals surface area contributed by atoms with Crippen LogP contribution in [0.3, 0.4) is 0 Å². The van der Waals surface area contributed by atoms with Crippen molar-refractivity contribution in [3.63, 3.8) is 0 Å². The normalized spacial score (nSPS) is 23.0. The minimum absolute atomic E-state index is 0.0909. The molecule has 2 fully saturated rings. The lowest BCUT2D eigenvalue weighted by Gasteiger charge is -2.18. The van der Waals surface area contributed by atoms with Gasteiger partial charge in [-0.1, -0.05) is 30.6 Å². The molecule has 1 aromatic rings. The number of aliphatic hydroxyl groups is 1. The van der Waals surface area contributed by atoms with Crippen LogP contribution in [-0.4, -0.2) is 45.9 Å². The van der Waals surface area contributed by atoms with Gasteiger partial charge in [0.1, 0.15) is 5.01 Å². The molecule has 22 heavy (non-hydrogen) atoms. The van der Waals surface area contributed by atoms with E-state index in [9.17, 15) is 4.79 Å². The largest absolute Gasteiger partial charge is 0.396 e. The zero-order valence-corrected chi connectivity index (χ0v) is 13.6. The summed E-state index contributed by atoms with van der Waals surface area (Å²) >= 11 is 1.52. The summed E-state index contributed by atoms with van der Waals surface area (Å²) in [5.74, 6) is 0.945. The average Bonchev–Trinajstić information content (AvgIpc) is 3.18. The summed E-state index contributed by atoms with van der Waals surface area (Å²) in [6.45, 7) is 1.67. The van der Waals surface area contributed by atoms with Gasteiger partial charge in [0.25, 0.3) is 0 Å². The average molecular weight is 324 g/mol. The standard InChI is InChI=1S/C15H24N4O2S/c20-9-7-11-6-8-19(10-11)15(21)16-14-18-17-13(22-14)12-4-2-1-3-5-12/h11-12,20H,1-10H2,(H,16,18,21). The molecule has 6 nitrogen and oxygen atoms in total. The van der Waals surface area contributed by atoms with Gasteiger partial charge in [0.05, 0.1) is 0 Å². The zero-order valence-electron chi connectivity index (χ0n) is 12.8. The second-order valence-corrected chi connectivity index (χ2v) is 7.33. The smallest absolute Gasteiger partial charge is 0.323 e. The van der Waals surface area contributed by atoms with Crippen LogP contribution in [0, 0.1) is 5.92 Å². The third-order valence-electron chi connectivity index (χ3n) is 4.72. The van der Waals surface area contributed by atoms with Crippen LogP contribution in [0.25, 0.3) is 0 Å². The predicted molar refractivity (Wildman–Crippen MR) is 86.1 cm³/mol. The zero-order chi connectivity index (χ0) is 15.4. The highest BCUT2D eigenvalue weighted by Gasteiger charge is 2.27. The lowest BCUT2D eigenvalue weighted by atomic mass is 9.90. The number of amides is 2. The van der Waals surface area contributed by atoms with Crippen molar-refractivity contribution >= 4 is 22.5 Å². The van der Waals surface area contributed by atoms with E-state index >= 15 is 0 Å². The summed E-state index contributed by atoms with van der Waals surface area (Å²) in [5.41, 5.74) is 0. The van der Waals surface area contributed by atoms with Gasteiger partial charge in [-0.15, -0.1) is 10.2 Å². The monoisotopic (exact) mass is 324 g/mol. The number of aromatic nitrogens is 2. The number of hydrogen-bond donors (Lipinski definition) is 2. The molecule has 0 radical (unpaired) electrons. The van der Waals surface area contributed by atoms with E-state index in [1.165, 1.54) is 43.4 Å². The van der Waals surface area contributed by atoms with E-state index in [1.54, 1.807) is 0 Å². The number of carbonyl (C=O) groups excluding carboxylic acids is 1. The van der Waals surface area contributed by atoms with Crippen molar-refractivity contribution in [1.29, 1.82) is 0 Å². The Morgan fingerprint density at radius 1 is 1.27 bits per heavy atom. The lowest BCUT2D eigenvalue weighted by molar-refractivity contribution is 0.217. The highest BCUT2D eigenvalue weighted by atomic mass is 32.1. The van der Waals surface area contributed by atoms with Crippen LogP contribution < -0.4 is 5.32 Å². The molecular formula is C15H24N4O2S. The summed E-state index contributed by atoms with van der Waals surface area (Å²) in [5, 5.41) is 21.9.